The molecule has 4 aromatic rings. The van der Waals surface area contributed by atoms with Crippen LogP contribution in [-0.4, -0.2) is 21.2 Å². The summed E-state index contributed by atoms with van der Waals surface area (Å²) in [6, 6.07) is 19.9. The Hall–Kier alpha value is -3.91. The van der Waals surface area contributed by atoms with Crippen LogP contribution in [0.1, 0.15) is 33.2 Å². The van der Waals surface area contributed by atoms with Gasteiger partial charge in [-0.3, -0.25) is 19.7 Å². The molecule has 0 aliphatic heterocycles. The summed E-state index contributed by atoms with van der Waals surface area (Å²) < 4.78 is 2.58. The lowest BCUT2D eigenvalue weighted by Crippen LogP contribution is -2.16. The standard InChI is InChI=1S/C23H17N3O4S/c1-2-25-19-14-18(26(29)30)12-13-20(19)31-23(25)24-22(28)17-10-8-16(9-11-17)21(27)15-6-4-3-5-7-15/h3-14H,2H2,1H3. The van der Waals surface area contributed by atoms with Gasteiger partial charge in [-0.05, 0) is 25.1 Å². The fourth-order valence-electron chi connectivity index (χ4n) is 3.23. The highest BCUT2D eigenvalue weighted by Gasteiger charge is 2.14. The van der Waals surface area contributed by atoms with E-state index in [2.05, 4.69) is 4.99 Å². The molecular formula is C23H17N3O4S. The monoisotopic (exact) mass is 431 g/mol. The molecule has 1 aromatic heterocycles. The number of hydrogen-bond acceptors (Lipinski definition) is 5. The van der Waals surface area contributed by atoms with E-state index in [9.17, 15) is 19.7 Å². The van der Waals surface area contributed by atoms with Crippen LogP contribution < -0.4 is 4.80 Å². The Morgan fingerprint density at radius 2 is 1.61 bits per heavy atom. The van der Waals surface area contributed by atoms with Gasteiger partial charge in [-0.1, -0.05) is 53.8 Å². The Morgan fingerprint density at radius 1 is 0.968 bits per heavy atom. The molecule has 3 aromatic carbocycles. The van der Waals surface area contributed by atoms with Crippen molar-refractivity contribution in [3.05, 3.63) is 104 Å². The third-order valence-corrected chi connectivity index (χ3v) is 5.88. The van der Waals surface area contributed by atoms with Gasteiger partial charge in [0.15, 0.2) is 10.6 Å². The molecule has 31 heavy (non-hydrogen) atoms. The van der Waals surface area contributed by atoms with Crippen molar-refractivity contribution < 1.29 is 14.5 Å². The van der Waals surface area contributed by atoms with Crippen LogP contribution in [0.3, 0.4) is 0 Å². The molecule has 0 bridgehead atoms. The molecule has 0 radical (unpaired) electrons. The molecule has 0 aliphatic carbocycles. The number of ketones is 1. The van der Waals surface area contributed by atoms with E-state index >= 15 is 0 Å². The molecule has 7 nitrogen and oxygen atoms in total. The van der Waals surface area contributed by atoms with Crippen LogP contribution in [0.5, 0.6) is 0 Å². The quantitative estimate of drug-likeness (QED) is 0.262. The summed E-state index contributed by atoms with van der Waals surface area (Å²) in [5, 5.41) is 11.1. The lowest BCUT2D eigenvalue weighted by atomic mass is 10.0. The molecular weight excluding hydrogens is 414 g/mol. The first kappa shape index (κ1) is 20.4. The molecule has 0 saturated heterocycles. The van der Waals surface area contributed by atoms with E-state index < -0.39 is 10.8 Å². The van der Waals surface area contributed by atoms with Crippen molar-refractivity contribution in [3.8, 4) is 0 Å². The number of aromatic nitrogens is 1. The highest BCUT2D eigenvalue weighted by Crippen LogP contribution is 2.23. The number of fused-ring (bicyclic) bond motifs is 1. The van der Waals surface area contributed by atoms with Gasteiger partial charge >= 0.3 is 0 Å². The van der Waals surface area contributed by atoms with Crippen molar-refractivity contribution >= 4 is 38.9 Å². The predicted molar refractivity (Wildman–Crippen MR) is 118 cm³/mol. The predicted octanol–water partition coefficient (Wildman–Crippen LogP) is 4.60. The second kappa shape index (κ2) is 8.45. The summed E-state index contributed by atoms with van der Waals surface area (Å²) in [7, 11) is 0. The minimum Gasteiger partial charge on any atom is -0.316 e. The summed E-state index contributed by atoms with van der Waals surface area (Å²) >= 11 is 1.30. The largest absolute Gasteiger partial charge is 0.316 e. The number of nitro groups is 1. The van der Waals surface area contributed by atoms with Crippen molar-refractivity contribution in [2.45, 2.75) is 13.5 Å². The molecule has 0 saturated carbocycles. The topological polar surface area (TPSA) is 94.6 Å². The Kier molecular flexibility index (Phi) is 5.55. The minimum absolute atomic E-state index is 0.0101. The number of benzene rings is 3. The van der Waals surface area contributed by atoms with Gasteiger partial charge in [-0.25, -0.2) is 0 Å². The van der Waals surface area contributed by atoms with E-state index in [0.29, 0.717) is 33.6 Å². The highest BCUT2D eigenvalue weighted by molar-refractivity contribution is 7.16. The van der Waals surface area contributed by atoms with E-state index in [4.69, 9.17) is 0 Å². The third kappa shape index (κ3) is 4.06. The number of thiazole rings is 1. The van der Waals surface area contributed by atoms with Gasteiger partial charge in [-0.15, -0.1) is 0 Å². The van der Waals surface area contributed by atoms with Crippen LogP contribution >= 0.6 is 11.3 Å². The number of amides is 1. The SMILES string of the molecule is CCn1c(=NC(=O)c2ccc(C(=O)c3ccccc3)cc2)sc2ccc([N+](=O)[O-])cc21. The van der Waals surface area contributed by atoms with E-state index in [-0.39, 0.29) is 11.5 Å². The van der Waals surface area contributed by atoms with E-state index in [1.807, 2.05) is 13.0 Å². The fourth-order valence-corrected chi connectivity index (χ4v) is 4.31. The summed E-state index contributed by atoms with van der Waals surface area (Å²) in [4.78, 5) is 40.6. The Labute approximate surface area is 181 Å². The number of rotatable bonds is 5. The van der Waals surface area contributed by atoms with Crippen LogP contribution in [0.4, 0.5) is 5.69 Å². The first-order valence-corrected chi connectivity index (χ1v) is 10.4. The molecule has 0 N–H and O–H groups in total. The zero-order valence-electron chi connectivity index (χ0n) is 16.5. The number of carbonyl (C=O) groups is 2. The van der Waals surface area contributed by atoms with Crippen molar-refractivity contribution in [1.82, 2.24) is 4.57 Å². The molecule has 8 heteroatoms. The van der Waals surface area contributed by atoms with Gasteiger partial charge in [-0.2, -0.15) is 4.99 Å². The molecule has 1 heterocycles. The normalized spacial score (nSPS) is 11.6. The van der Waals surface area contributed by atoms with Crippen LogP contribution in [0.15, 0.2) is 77.8 Å². The second-order valence-electron chi connectivity index (χ2n) is 6.73. The number of non-ortho nitro benzene ring substituents is 1. The molecule has 0 aliphatic rings. The highest BCUT2D eigenvalue weighted by atomic mass is 32.1. The van der Waals surface area contributed by atoms with Crippen molar-refractivity contribution in [3.63, 3.8) is 0 Å². The Morgan fingerprint density at radius 3 is 2.26 bits per heavy atom. The Bertz CT molecular complexity index is 1370. The smallest absolute Gasteiger partial charge is 0.279 e. The minimum atomic E-state index is -0.447. The van der Waals surface area contributed by atoms with Gasteiger partial charge in [0.05, 0.1) is 15.1 Å². The van der Waals surface area contributed by atoms with Crippen LogP contribution in [0.2, 0.25) is 0 Å². The second-order valence-corrected chi connectivity index (χ2v) is 7.74. The number of hydrogen-bond donors (Lipinski definition) is 0. The molecule has 0 fully saturated rings. The average molecular weight is 431 g/mol. The molecule has 4 rings (SSSR count). The zero-order valence-corrected chi connectivity index (χ0v) is 17.3. The van der Waals surface area contributed by atoms with Crippen molar-refractivity contribution in [2.75, 3.05) is 0 Å². The van der Waals surface area contributed by atoms with Crippen LogP contribution in [0.25, 0.3) is 10.2 Å². The third-order valence-electron chi connectivity index (χ3n) is 4.82. The molecule has 0 unspecified atom stereocenters. The first-order valence-electron chi connectivity index (χ1n) is 9.54. The van der Waals surface area contributed by atoms with Crippen molar-refractivity contribution in [2.24, 2.45) is 4.99 Å². The van der Waals surface area contributed by atoms with Crippen LogP contribution in [0, 0.1) is 10.1 Å². The summed E-state index contributed by atoms with van der Waals surface area (Å²) in [5.41, 5.74) is 2.08. The van der Waals surface area contributed by atoms with Gasteiger partial charge in [0.2, 0.25) is 0 Å². The van der Waals surface area contributed by atoms with Gasteiger partial charge in [0.1, 0.15) is 0 Å². The first-order chi connectivity index (χ1) is 15.0. The lowest BCUT2D eigenvalue weighted by molar-refractivity contribution is -0.384. The molecule has 1 amide bonds. The van der Waals surface area contributed by atoms with Gasteiger partial charge in [0, 0.05) is 35.4 Å². The number of nitro benzene ring substituents is 1. The molecule has 154 valence electrons. The van der Waals surface area contributed by atoms with Gasteiger partial charge < -0.3 is 4.57 Å². The maximum absolute atomic E-state index is 12.7. The Balaban J connectivity index is 1.66. The fraction of sp³-hybridized carbons (Fsp3) is 0.0870. The molecule has 0 atom stereocenters. The van der Waals surface area contributed by atoms with Gasteiger partial charge in [0.25, 0.3) is 11.6 Å². The summed E-state index contributed by atoms with van der Waals surface area (Å²) in [6.07, 6.45) is 0. The molecule has 0 spiro atoms. The summed E-state index contributed by atoms with van der Waals surface area (Å²) in [5.74, 6) is -0.562. The van der Waals surface area contributed by atoms with E-state index in [1.165, 1.54) is 23.5 Å². The number of aryl methyl sites for hydroxylation is 1. The lowest BCUT2D eigenvalue weighted by Gasteiger charge is -2.02. The van der Waals surface area contributed by atoms with Crippen molar-refractivity contribution in [1.29, 1.82) is 0 Å². The summed E-state index contributed by atoms with van der Waals surface area (Å²) in [6.45, 7) is 2.40. The zero-order chi connectivity index (χ0) is 22.0. The average Bonchev–Trinajstić information content (AvgIpc) is 3.15. The maximum atomic E-state index is 12.7. The van der Waals surface area contributed by atoms with Crippen LogP contribution in [-0.2, 0) is 6.54 Å². The van der Waals surface area contributed by atoms with E-state index in [1.54, 1.807) is 59.2 Å². The van der Waals surface area contributed by atoms with E-state index in [0.717, 1.165) is 4.70 Å². The number of carbonyl (C=O) groups excluding carboxylic acids is 2. The maximum Gasteiger partial charge on any atom is 0.279 e. The number of nitrogens with zero attached hydrogens (tertiary/aromatic N) is 3.